The van der Waals surface area contributed by atoms with Crippen LogP contribution in [0.1, 0.15) is 43.0 Å². The quantitative estimate of drug-likeness (QED) is 0.886. The van der Waals surface area contributed by atoms with Crippen molar-refractivity contribution in [1.82, 2.24) is 9.59 Å². The summed E-state index contributed by atoms with van der Waals surface area (Å²) in [6.45, 7) is 6.21. The van der Waals surface area contributed by atoms with E-state index >= 15 is 0 Å². The molecule has 1 N–H and O–H groups in total. The average Bonchev–Trinajstić information content (AvgIpc) is 2.88. The summed E-state index contributed by atoms with van der Waals surface area (Å²) < 4.78 is 10.3. The van der Waals surface area contributed by atoms with Crippen LogP contribution in [0.15, 0.2) is 22.7 Å². The minimum atomic E-state index is -0.637. The Kier molecular flexibility index (Phi) is 5.01. The molecule has 1 heterocycles. The lowest BCUT2D eigenvalue weighted by Gasteiger charge is -2.19. The Bertz CT molecular complexity index is 622. The number of methoxy groups -OCH3 is 1. The number of halogens is 1. The number of aliphatic hydroxyl groups is 1. The minimum absolute atomic E-state index is 0.134. The lowest BCUT2D eigenvalue weighted by Crippen LogP contribution is -2.16. The predicted molar refractivity (Wildman–Crippen MR) is 88.0 cm³/mol. The van der Waals surface area contributed by atoms with Crippen LogP contribution < -0.4 is 4.74 Å². The number of hydrogen-bond acceptors (Lipinski definition) is 5. The molecule has 0 aliphatic heterocycles. The maximum Gasteiger partial charge on any atom is 0.122 e. The van der Waals surface area contributed by atoms with E-state index < -0.39 is 6.10 Å². The molecule has 6 heteroatoms. The SMILES string of the molecule is COc1ccc(Br)cc1CC(O)c1snnc1C(C)(C)C. The fraction of sp³-hybridized carbons (Fsp3) is 0.467. The van der Waals surface area contributed by atoms with Crippen molar-refractivity contribution in [2.75, 3.05) is 7.11 Å². The summed E-state index contributed by atoms with van der Waals surface area (Å²) in [6.07, 6.45) is -0.169. The minimum Gasteiger partial charge on any atom is -0.496 e. The van der Waals surface area contributed by atoms with Gasteiger partial charge in [-0.2, -0.15) is 0 Å². The third-order valence-corrected chi connectivity index (χ3v) is 4.50. The number of nitrogens with zero attached hydrogens (tertiary/aromatic N) is 2. The van der Waals surface area contributed by atoms with Gasteiger partial charge in [-0.25, -0.2) is 0 Å². The molecular formula is C15H19BrN2O2S. The van der Waals surface area contributed by atoms with Gasteiger partial charge in [0, 0.05) is 16.3 Å². The lowest BCUT2D eigenvalue weighted by atomic mass is 9.89. The zero-order valence-electron chi connectivity index (χ0n) is 12.6. The first-order valence-corrected chi connectivity index (χ1v) is 8.22. The van der Waals surface area contributed by atoms with E-state index in [0.29, 0.717) is 6.42 Å². The number of ether oxygens (including phenoxy) is 1. The number of aliphatic hydroxyl groups excluding tert-OH is 1. The molecule has 1 aromatic heterocycles. The predicted octanol–water partition coefficient (Wildman–Crippen LogP) is 3.88. The van der Waals surface area contributed by atoms with Crippen LogP contribution in [0.4, 0.5) is 0 Å². The molecule has 2 aromatic rings. The first kappa shape index (κ1) is 16.4. The highest BCUT2D eigenvalue weighted by Gasteiger charge is 2.26. The Balaban J connectivity index is 2.29. The van der Waals surface area contributed by atoms with E-state index in [2.05, 4.69) is 46.3 Å². The summed E-state index contributed by atoms with van der Waals surface area (Å²) >= 11 is 4.71. The van der Waals surface area contributed by atoms with Crippen molar-refractivity contribution < 1.29 is 9.84 Å². The van der Waals surface area contributed by atoms with Crippen LogP contribution in [-0.2, 0) is 11.8 Å². The summed E-state index contributed by atoms with van der Waals surface area (Å²) in [5, 5.41) is 14.8. The first-order chi connectivity index (χ1) is 9.82. The Morgan fingerprint density at radius 2 is 2.10 bits per heavy atom. The van der Waals surface area contributed by atoms with Crippen LogP contribution >= 0.6 is 27.5 Å². The van der Waals surface area contributed by atoms with Gasteiger partial charge in [0.1, 0.15) is 5.75 Å². The zero-order chi connectivity index (χ0) is 15.6. The Hall–Kier alpha value is -0.980. The number of rotatable bonds is 4. The van der Waals surface area contributed by atoms with Gasteiger partial charge in [-0.1, -0.05) is 41.2 Å². The Morgan fingerprint density at radius 3 is 2.71 bits per heavy atom. The van der Waals surface area contributed by atoms with E-state index in [0.717, 1.165) is 26.4 Å². The van der Waals surface area contributed by atoms with E-state index in [4.69, 9.17) is 4.74 Å². The second-order valence-electron chi connectivity index (χ2n) is 5.91. The van der Waals surface area contributed by atoms with Crippen LogP contribution in [0, 0.1) is 0 Å². The molecule has 1 unspecified atom stereocenters. The van der Waals surface area contributed by atoms with Gasteiger partial charge < -0.3 is 9.84 Å². The van der Waals surface area contributed by atoms with Gasteiger partial charge in [0.15, 0.2) is 0 Å². The van der Waals surface area contributed by atoms with E-state index in [1.807, 2.05) is 18.2 Å². The fourth-order valence-electron chi connectivity index (χ4n) is 2.14. The smallest absolute Gasteiger partial charge is 0.122 e. The summed E-state index contributed by atoms with van der Waals surface area (Å²) in [7, 11) is 1.63. The summed E-state index contributed by atoms with van der Waals surface area (Å²) in [6, 6.07) is 5.78. The second kappa shape index (κ2) is 6.42. The highest BCUT2D eigenvalue weighted by Crippen LogP contribution is 2.34. The topological polar surface area (TPSA) is 55.2 Å². The van der Waals surface area contributed by atoms with E-state index in [1.165, 1.54) is 11.5 Å². The molecule has 1 atom stereocenters. The lowest BCUT2D eigenvalue weighted by molar-refractivity contribution is 0.178. The molecule has 0 aliphatic carbocycles. The van der Waals surface area contributed by atoms with Crippen molar-refractivity contribution in [2.24, 2.45) is 0 Å². The molecule has 21 heavy (non-hydrogen) atoms. The monoisotopic (exact) mass is 370 g/mol. The van der Waals surface area contributed by atoms with Crippen molar-refractivity contribution in [1.29, 1.82) is 0 Å². The molecule has 2 rings (SSSR count). The largest absolute Gasteiger partial charge is 0.496 e. The normalized spacial score (nSPS) is 13.2. The molecule has 0 saturated carbocycles. The van der Waals surface area contributed by atoms with Gasteiger partial charge in [0.05, 0.1) is 23.8 Å². The molecule has 0 spiro atoms. The van der Waals surface area contributed by atoms with Crippen molar-refractivity contribution >= 4 is 27.5 Å². The molecule has 114 valence electrons. The maximum absolute atomic E-state index is 10.6. The highest BCUT2D eigenvalue weighted by molar-refractivity contribution is 9.10. The van der Waals surface area contributed by atoms with Gasteiger partial charge in [0.25, 0.3) is 0 Å². The van der Waals surface area contributed by atoms with E-state index in [-0.39, 0.29) is 5.41 Å². The molecular weight excluding hydrogens is 352 g/mol. The van der Waals surface area contributed by atoms with Crippen LogP contribution in [0.25, 0.3) is 0 Å². The highest BCUT2D eigenvalue weighted by atomic mass is 79.9. The first-order valence-electron chi connectivity index (χ1n) is 6.66. The number of benzene rings is 1. The summed E-state index contributed by atoms with van der Waals surface area (Å²) in [5.74, 6) is 0.770. The standard InChI is InChI=1S/C15H19BrN2O2S/c1-15(2,3)14-13(21-18-17-14)11(19)8-9-7-10(16)5-6-12(9)20-4/h5-7,11,19H,8H2,1-4H3. The zero-order valence-corrected chi connectivity index (χ0v) is 15.0. The molecule has 4 nitrogen and oxygen atoms in total. The van der Waals surface area contributed by atoms with Crippen LogP contribution in [0.2, 0.25) is 0 Å². The molecule has 0 fully saturated rings. The Labute approximate surface area is 137 Å². The molecule has 0 aliphatic rings. The van der Waals surface area contributed by atoms with Gasteiger partial charge in [-0.3, -0.25) is 0 Å². The summed E-state index contributed by atoms with van der Waals surface area (Å²) in [5.41, 5.74) is 1.67. The van der Waals surface area contributed by atoms with Crippen LogP contribution in [0.3, 0.4) is 0 Å². The number of aromatic nitrogens is 2. The third kappa shape index (κ3) is 3.81. The van der Waals surface area contributed by atoms with Crippen molar-refractivity contribution in [3.05, 3.63) is 38.8 Å². The van der Waals surface area contributed by atoms with Crippen molar-refractivity contribution in [2.45, 2.75) is 38.7 Å². The maximum atomic E-state index is 10.6. The molecule has 0 amide bonds. The Morgan fingerprint density at radius 1 is 1.38 bits per heavy atom. The van der Waals surface area contributed by atoms with E-state index in [1.54, 1.807) is 7.11 Å². The van der Waals surface area contributed by atoms with Gasteiger partial charge in [-0.15, -0.1) is 5.10 Å². The van der Waals surface area contributed by atoms with E-state index in [9.17, 15) is 5.11 Å². The number of hydrogen-bond donors (Lipinski definition) is 1. The third-order valence-electron chi connectivity index (χ3n) is 3.18. The van der Waals surface area contributed by atoms with Gasteiger partial charge in [0.2, 0.25) is 0 Å². The van der Waals surface area contributed by atoms with Gasteiger partial charge in [-0.05, 0) is 35.3 Å². The van der Waals surface area contributed by atoms with Crippen LogP contribution in [0.5, 0.6) is 5.75 Å². The van der Waals surface area contributed by atoms with Crippen molar-refractivity contribution in [3.8, 4) is 5.75 Å². The summed E-state index contributed by atoms with van der Waals surface area (Å²) in [4.78, 5) is 0.824. The van der Waals surface area contributed by atoms with Crippen molar-refractivity contribution in [3.63, 3.8) is 0 Å². The van der Waals surface area contributed by atoms with Gasteiger partial charge >= 0.3 is 0 Å². The molecule has 0 radical (unpaired) electrons. The average molecular weight is 371 g/mol. The van der Waals surface area contributed by atoms with Crippen LogP contribution in [-0.4, -0.2) is 21.8 Å². The molecule has 0 bridgehead atoms. The second-order valence-corrected chi connectivity index (χ2v) is 7.61. The molecule has 0 saturated heterocycles. The fourth-order valence-corrected chi connectivity index (χ4v) is 3.40. The molecule has 1 aromatic carbocycles.